The van der Waals surface area contributed by atoms with Gasteiger partial charge in [0.1, 0.15) is 0 Å². The number of hydrogen-bond acceptors (Lipinski definition) is 2. The van der Waals surface area contributed by atoms with Crippen molar-refractivity contribution in [3.63, 3.8) is 0 Å². The van der Waals surface area contributed by atoms with Crippen molar-refractivity contribution in [3.8, 4) is 0 Å². The lowest BCUT2D eigenvalue weighted by Gasteiger charge is -2.14. The summed E-state index contributed by atoms with van der Waals surface area (Å²) in [6, 6.07) is 0. The zero-order valence-electron chi connectivity index (χ0n) is 28.6. The monoisotopic (exact) mass is 587 g/mol. The molecule has 0 aromatic carbocycles. The lowest BCUT2D eigenvalue weighted by atomic mass is 10.0. The van der Waals surface area contributed by atoms with Crippen LogP contribution in [0.15, 0.2) is 48.6 Å². The molecule has 0 aromatic heterocycles. The van der Waals surface area contributed by atoms with E-state index in [0.29, 0.717) is 5.92 Å². The van der Waals surface area contributed by atoms with Crippen molar-refractivity contribution < 1.29 is 9.84 Å². The van der Waals surface area contributed by atoms with Crippen molar-refractivity contribution >= 4 is 0 Å². The Morgan fingerprint density at radius 2 is 0.833 bits per heavy atom. The van der Waals surface area contributed by atoms with Crippen LogP contribution in [-0.4, -0.2) is 24.9 Å². The van der Waals surface area contributed by atoms with Crippen molar-refractivity contribution in [1.29, 1.82) is 0 Å². The minimum Gasteiger partial charge on any atom is -0.396 e. The molecule has 0 saturated carbocycles. The Morgan fingerprint density at radius 1 is 0.452 bits per heavy atom. The molecule has 0 heterocycles. The van der Waals surface area contributed by atoms with Gasteiger partial charge >= 0.3 is 0 Å². The van der Waals surface area contributed by atoms with Crippen molar-refractivity contribution in [2.75, 3.05) is 19.8 Å². The molecule has 0 spiro atoms. The van der Waals surface area contributed by atoms with E-state index >= 15 is 0 Å². The first kappa shape index (κ1) is 40.9. The molecule has 0 fully saturated rings. The highest BCUT2D eigenvalue weighted by atomic mass is 16.5. The average Bonchev–Trinajstić information content (AvgIpc) is 3.00. The maximum absolute atomic E-state index is 9.71. The Kier molecular flexibility index (Phi) is 36.9. The van der Waals surface area contributed by atoms with Crippen LogP contribution in [0.3, 0.4) is 0 Å². The Bertz CT molecular complexity index is 603. The minimum absolute atomic E-state index is 0.270. The standard InChI is InChI=1S/C40H74O2/c1-3-5-7-9-11-13-15-17-19-21-22-24-26-28-30-32-34-36-40(38-41)39-42-37-35-33-31-29-27-25-23-20-18-16-14-12-10-8-6-4-2/h11-14,17-20,40-41H,3-10,15-16,21-39H2,1-2H3. The normalized spacial score (nSPS) is 13.1. The summed E-state index contributed by atoms with van der Waals surface area (Å²) in [6.45, 7) is 6.38. The average molecular weight is 587 g/mol. The molecule has 2 nitrogen and oxygen atoms in total. The van der Waals surface area contributed by atoms with Crippen LogP contribution < -0.4 is 0 Å². The fraction of sp³-hybridized carbons (Fsp3) is 0.800. The Labute approximate surface area is 264 Å². The minimum atomic E-state index is 0.270. The molecule has 42 heavy (non-hydrogen) atoms. The molecule has 246 valence electrons. The van der Waals surface area contributed by atoms with Crippen LogP contribution >= 0.6 is 0 Å². The van der Waals surface area contributed by atoms with Gasteiger partial charge in [0.05, 0.1) is 6.61 Å². The summed E-state index contributed by atoms with van der Waals surface area (Å²) in [5, 5.41) is 9.71. The highest BCUT2D eigenvalue weighted by molar-refractivity contribution is 4.93. The van der Waals surface area contributed by atoms with Crippen molar-refractivity contribution in [3.05, 3.63) is 48.6 Å². The smallest absolute Gasteiger partial charge is 0.0516 e. The largest absolute Gasteiger partial charge is 0.396 e. The van der Waals surface area contributed by atoms with Crippen molar-refractivity contribution in [2.24, 2.45) is 5.92 Å². The highest BCUT2D eigenvalue weighted by Crippen LogP contribution is 2.15. The molecule has 0 bridgehead atoms. The summed E-state index contributed by atoms with van der Waals surface area (Å²) < 4.78 is 5.91. The van der Waals surface area contributed by atoms with Gasteiger partial charge in [0.15, 0.2) is 0 Å². The number of aliphatic hydroxyl groups is 1. The summed E-state index contributed by atoms with van der Waals surface area (Å²) in [7, 11) is 0. The second kappa shape index (κ2) is 37.9. The van der Waals surface area contributed by atoms with Gasteiger partial charge in [0.25, 0.3) is 0 Å². The second-order valence-electron chi connectivity index (χ2n) is 12.4. The number of rotatable bonds is 34. The zero-order chi connectivity index (χ0) is 30.4. The van der Waals surface area contributed by atoms with E-state index in [1.165, 1.54) is 141 Å². The van der Waals surface area contributed by atoms with Crippen molar-refractivity contribution in [2.45, 2.75) is 181 Å². The molecular weight excluding hydrogens is 512 g/mol. The van der Waals surface area contributed by atoms with Crippen LogP contribution in [0.25, 0.3) is 0 Å². The van der Waals surface area contributed by atoms with Crippen LogP contribution in [0, 0.1) is 5.92 Å². The van der Waals surface area contributed by atoms with Gasteiger partial charge < -0.3 is 9.84 Å². The number of hydrogen-bond donors (Lipinski definition) is 1. The summed E-state index contributed by atoms with van der Waals surface area (Å²) in [5.74, 6) is 0.326. The Morgan fingerprint density at radius 3 is 1.26 bits per heavy atom. The van der Waals surface area contributed by atoms with Crippen LogP contribution in [-0.2, 0) is 4.74 Å². The van der Waals surface area contributed by atoms with Gasteiger partial charge in [0.2, 0.25) is 0 Å². The van der Waals surface area contributed by atoms with E-state index in [2.05, 4.69) is 62.5 Å². The first-order valence-electron chi connectivity index (χ1n) is 18.6. The fourth-order valence-electron chi connectivity index (χ4n) is 5.27. The molecule has 0 aliphatic carbocycles. The number of unbranched alkanes of at least 4 members (excludes halogenated alkanes) is 19. The van der Waals surface area contributed by atoms with E-state index in [9.17, 15) is 5.11 Å². The molecule has 0 aliphatic heterocycles. The number of allylic oxidation sites excluding steroid dienone is 8. The lowest BCUT2D eigenvalue weighted by Crippen LogP contribution is -2.14. The third-order valence-electron chi connectivity index (χ3n) is 8.16. The molecule has 0 amide bonds. The van der Waals surface area contributed by atoms with E-state index < -0.39 is 0 Å². The van der Waals surface area contributed by atoms with Gasteiger partial charge in [0, 0.05) is 19.1 Å². The molecule has 0 aromatic rings. The maximum atomic E-state index is 9.71. The van der Waals surface area contributed by atoms with Gasteiger partial charge in [-0.15, -0.1) is 0 Å². The summed E-state index contributed by atoms with van der Waals surface area (Å²) in [5.41, 5.74) is 0. The number of ether oxygens (including phenoxy) is 1. The Hall–Kier alpha value is -1.12. The summed E-state index contributed by atoms with van der Waals surface area (Å²) in [4.78, 5) is 0. The molecule has 0 aliphatic rings. The molecule has 2 heteroatoms. The van der Waals surface area contributed by atoms with E-state index in [-0.39, 0.29) is 6.61 Å². The zero-order valence-corrected chi connectivity index (χ0v) is 28.6. The van der Waals surface area contributed by atoms with Gasteiger partial charge in [-0.3, -0.25) is 0 Å². The molecule has 0 saturated heterocycles. The second-order valence-corrected chi connectivity index (χ2v) is 12.4. The molecule has 1 atom stereocenters. The van der Waals surface area contributed by atoms with Gasteiger partial charge in [-0.05, 0) is 77.0 Å². The SMILES string of the molecule is CCCCCC=CCC=CCCCCCCCCCC(CO)COCCCCCCCCC=CCC=CCCCCC. The van der Waals surface area contributed by atoms with E-state index in [1.807, 2.05) is 0 Å². The van der Waals surface area contributed by atoms with Crippen LogP contribution in [0.5, 0.6) is 0 Å². The predicted octanol–water partition coefficient (Wildman–Crippen LogP) is 13.0. The molecule has 1 N–H and O–H groups in total. The highest BCUT2D eigenvalue weighted by Gasteiger charge is 2.07. The van der Waals surface area contributed by atoms with Crippen LogP contribution in [0.1, 0.15) is 181 Å². The van der Waals surface area contributed by atoms with Crippen LogP contribution in [0.4, 0.5) is 0 Å². The van der Waals surface area contributed by atoms with E-state index in [1.54, 1.807) is 0 Å². The quantitative estimate of drug-likeness (QED) is 0.0600. The summed E-state index contributed by atoms with van der Waals surface area (Å²) >= 11 is 0. The lowest BCUT2D eigenvalue weighted by molar-refractivity contribution is 0.0660. The third-order valence-corrected chi connectivity index (χ3v) is 8.16. The predicted molar refractivity (Wildman–Crippen MR) is 189 cm³/mol. The maximum Gasteiger partial charge on any atom is 0.0516 e. The molecular formula is C40H74O2. The van der Waals surface area contributed by atoms with Crippen molar-refractivity contribution in [1.82, 2.24) is 0 Å². The third kappa shape index (κ3) is 35.1. The first-order chi connectivity index (χ1) is 20.8. The van der Waals surface area contributed by atoms with Gasteiger partial charge in [-0.25, -0.2) is 0 Å². The molecule has 0 radical (unpaired) electrons. The van der Waals surface area contributed by atoms with Gasteiger partial charge in [-0.2, -0.15) is 0 Å². The summed E-state index contributed by atoms with van der Waals surface area (Å²) in [6.07, 6.45) is 52.0. The molecule has 0 rings (SSSR count). The first-order valence-corrected chi connectivity index (χ1v) is 18.6. The van der Waals surface area contributed by atoms with Crippen LogP contribution in [0.2, 0.25) is 0 Å². The van der Waals surface area contributed by atoms with E-state index in [4.69, 9.17) is 4.74 Å². The topological polar surface area (TPSA) is 29.5 Å². The van der Waals surface area contributed by atoms with Gasteiger partial charge in [-0.1, -0.05) is 152 Å². The molecule has 1 unspecified atom stereocenters. The fourth-order valence-corrected chi connectivity index (χ4v) is 5.27. The van der Waals surface area contributed by atoms with E-state index in [0.717, 1.165) is 38.9 Å². The Balaban J connectivity index is 3.38. The number of aliphatic hydroxyl groups excluding tert-OH is 1.